The highest BCUT2D eigenvalue weighted by Gasteiger charge is 2.07. The van der Waals surface area contributed by atoms with Crippen LogP contribution in [0.3, 0.4) is 0 Å². The lowest BCUT2D eigenvalue weighted by Gasteiger charge is -2.09. The average molecular weight is 395 g/mol. The Morgan fingerprint density at radius 3 is 2.03 bits per heavy atom. The van der Waals surface area contributed by atoms with Gasteiger partial charge in [-0.3, -0.25) is 4.98 Å². The molecule has 0 radical (unpaired) electrons. The van der Waals surface area contributed by atoms with Crippen molar-refractivity contribution in [2.75, 3.05) is 21.3 Å². The number of aromatic nitrogens is 1. The Balaban J connectivity index is 0.000000208. The fraction of sp³-hybridized carbons (Fsp3) is 0.333. The van der Waals surface area contributed by atoms with Crippen molar-refractivity contribution in [3.63, 3.8) is 0 Å². The highest BCUT2D eigenvalue weighted by atomic mass is 16.6. The van der Waals surface area contributed by atoms with Gasteiger partial charge in [-0.2, -0.15) is 0 Å². The van der Waals surface area contributed by atoms with Crippen molar-refractivity contribution >= 4 is 16.6 Å². The summed E-state index contributed by atoms with van der Waals surface area (Å²) < 4.78 is 10.5. The first-order valence-corrected chi connectivity index (χ1v) is 9.45. The van der Waals surface area contributed by atoms with Gasteiger partial charge < -0.3 is 14.3 Å². The number of benzene rings is 2. The molecule has 5 heteroatoms. The number of methoxy groups -OCH3 is 2. The number of fused-ring (bicyclic) bond motifs is 1. The van der Waals surface area contributed by atoms with Gasteiger partial charge in [-0.05, 0) is 75.1 Å². The molecule has 0 saturated carbocycles. The Morgan fingerprint density at radius 1 is 0.793 bits per heavy atom. The monoisotopic (exact) mass is 394 g/mol. The van der Waals surface area contributed by atoms with Gasteiger partial charge in [0.1, 0.15) is 7.11 Å². The second-order valence-corrected chi connectivity index (χ2v) is 6.96. The van der Waals surface area contributed by atoms with E-state index in [0.29, 0.717) is 5.75 Å². The van der Waals surface area contributed by atoms with Gasteiger partial charge in [0, 0.05) is 23.2 Å². The van der Waals surface area contributed by atoms with E-state index in [-0.39, 0.29) is 0 Å². The summed E-state index contributed by atoms with van der Waals surface area (Å²) in [6.07, 6.45) is 1.80. The fourth-order valence-corrected chi connectivity index (χ4v) is 3.15. The smallest absolute Gasteiger partial charge is 0.162 e. The molecule has 0 unspecified atom stereocenters. The van der Waals surface area contributed by atoms with Gasteiger partial charge in [0.05, 0.1) is 25.4 Å². The molecule has 154 valence electrons. The topological polar surface area (TPSA) is 52.9 Å². The zero-order valence-corrected chi connectivity index (χ0v) is 18.6. The van der Waals surface area contributed by atoms with Gasteiger partial charge in [0.2, 0.25) is 0 Å². The normalized spacial score (nSPS) is 11.0. The lowest BCUT2D eigenvalue weighted by Crippen LogP contribution is -2.00. The van der Waals surface area contributed by atoms with Crippen LogP contribution >= 0.6 is 0 Å². The molecule has 0 aliphatic carbocycles. The van der Waals surface area contributed by atoms with Crippen LogP contribution in [0, 0.1) is 27.7 Å². The number of pyridine rings is 1. The molecule has 0 spiro atoms. The van der Waals surface area contributed by atoms with E-state index in [1.807, 2.05) is 25.1 Å². The zero-order chi connectivity index (χ0) is 21.6. The summed E-state index contributed by atoms with van der Waals surface area (Å²) in [5.41, 5.74) is 8.04. The molecule has 2 aromatic carbocycles. The molecule has 0 saturated heterocycles. The van der Waals surface area contributed by atoms with Crippen molar-refractivity contribution in [3.05, 3.63) is 64.3 Å². The molecule has 1 heterocycles. The molecule has 0 amide bonds. The van der Waals surface area contributed by atoms with Crippen molar-refractivity contribution in [1.29, 1.82) is 0 Å². The lowest BCUT2D eigenvalue weighted by molar-refractivity contribution is 0.213. The second-order valence-electron chi connectivity index (χ2n) is 6.96. The molecule has 0 aliphatic heterocycles. The summed E-state index contributed by atoms with van der Waals surface area (Å²) in [7, 11) is 4.83. The van der Waals surface area contributed by atoms with E-state index in [2.05, 4.69) is 50.0 Å². The standard InChI is InChI=1S/C12H13NO2.C12H17NO/c1-8-4-5-13-10-7-12(15-3)11(14-2)6-9(8)10;1-8-6-10(3)12(7-9(8)2)11(4)13-14-5/h4-7H,1-3H3;6-7H,1-5H3/b;13-11+. The fourth-order valence-electron chi connectivity index (χ4n) is 3.15. The number of oxime groups is 1. The maximum Gasteiger partial charge on any atom is 0.162 e. The zero-order valence-electron chi connectivity index (χ0n) is 18.6. The van der Waals surface area contributed by atoms with Crippen LogP contribution in [-0.2, 0) is 4.84 Å². The molecular formula is C24H30N2O3. The lowest BCUT2D eigenvalue weighted by atomic mass is 9.98. The van der Waals surface area contributed by atoms with Crippen LogP contribution in [0.15, 0.2) is 41.7 Å². The molecule has 5 nitrogen and oxygen atoms in total. The quantitative estimate of drug-likeness (QED) is 0.430. The van der Waals surface area contributed by atoms with Gasteiger partial charge in [-0.25, -0.2) is 0 Å². The van der Waals surface area contributed by atoms with Crippen LogP contribution in [-0.4, -0.2) is 32.0 Å². The van der Waals surface area contributed by atoms with Crippen molar-refractivity contribution in [2.24, 2.45) is 5.16 Å². The first-order valence-electron chi connectivity index (χ1n) is 9.45. The number of hydrogen-bond acceptors (Lipinski definition) is 5. The van der Waals surface area contributed by atoms with Crippen molar-refractivity contribution in [3.8, 4) is 11.5 Å². The van der Waals surface area contributed by atoms with Crippen LogP contribution in [0.5, 0.6) is 11.5 Å². The van der Waals surface area contributed by atoms with Gasteiger partial charge in [-0.1, -0.05) is 11.2 Å². The van der Waals surface area contributed by atoms with Gasteiger partial charge in [0.25, 0.3) is 0 Å². The van der Waals surface area contributed by atoms with Crippen molar-refractivity contribution in [1.82, 2.24) is 4.98 Å². The highest BCUT2D eigenvalue weighted by Crippen LogP contribution is 2.32. The predicted octanol–water partition coefficient (Wildman–Crippen LogP) is 5.54. The summed E-state index contributed by atoms with van der Waals surface area (Å²) in [6, 6.07) is 10.2. The number of aryl methyl sites for hydroxylation is 4. The van der Waals surface area contributed by atoms with Gasteiger partial charge in [0.15, 0.2) is 11.5 Å². The van der Waals surface area contributed by atoms with Crippen LogP contribution < -0.4 is 9.47 Å². The molecular weight excluding hydrogens is 364 g/mol. The molecule has 0 N–H and O–H groups in total. The Bertz CT molecular complexity index is 1030. The third kappa shape index (κ3) is 5.25. The maximum atomic E-state index is 5.25. The Morgan fingerprint density at radius 2 is 1.41 bits per heavy atom. The Kier molecular flexibility index (Phi) is 7.59. The van der Waals surface area contributed by atoms with E-state index in [9.17, 15) is 0 Å². The first kappa shape index (κ1) is 22.2. The van der Waals surface area contributed by atoms with E-state index < -0.39 is 0 Å². The highest BCUT2D eigenvalue weighted by molar-refractivity contribution is 5.99. The largest absolute Gasteiger partial charge is 0.493 e. The molecule has 0 atom stereocenters. The molecule has 3 rings (SSSR count). The number of rotatable bonds is 4. The Labute approximate surface area is 173 Å². The van der Waals surface area contributed by atoms with Crippen LogP contribution in [0.4, 0.5) is 0 Å². The molecule has 3 aromatic rings. The van der Waals surface area contributed by atoms with Crippen LogP contribution in [0.2, 0.25) is 0 Å². The summed E-state index contributed by atoms with van der Waals surface area (Å²) >= 11 is 0. The first-order chi connectivity index (χ1) is 13.8. The molecule has 0 bridgehead atoms. The maximum absolute atomic E-state index is 5.25. The molecule has 1 aromatic heterocycles. The van der Waals surface area contributed by atoms with Gasteiger partial charge in [-0.15, -0.1) is 0 Å². The molecule has 29 heavy (non-hydrogen) atoms. The van der Waals surface area contributed by atoms with Crippen LogP contribution in [0.1, 0.15) is 34.7 Å². The average Bonchev–Trinajstić information content (AvgIpc) is 2.70. The summed E-state index contributed by atoms with van der Waals surface area (Å²) in [6.45, 7) is 10.3. The van der Waals surface area contributed by atoms with E-state index in [1.165, 1.54) is 22.3 Å². The van der Waals surface area contributed by atoms with Crippen molar-refractivity contribution < 1.29 is 14.3 Å². The third-order valence-corrected chi connectivity index (χ3v) is 4.92. The number of hydrogen-bond donors (Lipinski definition) is 0. The number of ether oxygens (including phenoxy) is 2. The number of nitrogens with zero attached hydrogens (tertiary/aromatic N) is 2. The van der Waals surface area contributed by atoms with E-state index in [4.69, 9.17) is 14.3 Å². The van der Waals surface area contributed by atoms with E-state index in [0.717, 1.165) is 27.9 Å². The van der Waals surface area contributed by atoms with E-state index in [1.54, 1.807) is 27.5 Å². The Hall–Kier alpha value is -3.08. The van der Waals surface area contributed by atoms with Crippen molar-refractivity contribution in [2.45, 2.75) is 34.6 Å². The summed E-state index contributed by atoms with van der Waals surface area (Å²) in [4.78, 5) is 9.06. The molecule has 0 aliphatic rings. The minimum atomic E-state index is 0.711. The van der Waals surface area contributed by atoms with Crippen LogP contribution in [0.25, 0.3) is 10.9 Å². The molecule has 0 fully saturated rings. The predicted molar refractivity (Wildman–Crippen MR) is 119 cm³/mol. The van der Waals surface area contributed by atoms with E-state index >= 15 is 0 Å². The minimum Gasteiger partial charge on any atom is -0.493 e. The van der Waals surface area contributed by atoms with Gasteiger partial charge >= 0.3 is 0 Å². The SMILES string of the molecule is CO/N=C(\C)c1cc(C)c(C)cc1C.COc1cc2nccc(C)c2cc1OC. The second kappa shape index (κ2) is 9.92. The minimum absolute atomic E-state index is 0.711. The summed E-state index contributed by atoms with van der Waals surface area (Å²) in [5, 5.41) is 5.04. The summed E-state index contributed by atoms with van der Waals surface area (Å²) in [5.74, 6) is 1.45. The third-order valence-electron chi connectivity index (χ3n) is 4.92.